The van der Waals surface area contributed by atoms with Gasteiger partial charge < -0.3 is 9.88 Å². The Balaban J connectivity index is 1.41. The minimum atomic E-state index is 0.119. The minimum Gasteiger partial charge on any atom is -0.317 e. The number of piperidine rings is 1. The molecule has 1 saturated heterocycles. The Morgan fingerprint density at radius 3 is 2.81 bits per heavy atom. The number of aromatic nitrogens is 1. The fraction of sp³-hybridized carbons (Fsp3) is 0.476. The van der Waals surface area contributed by atoms with E-state index in [4.69, 9.17) is 0 Å². The van der Waals surface area contributed by atoms with E-state index in [9.17, 15) is 4.79 Å². The van der Waals surface area contributed by atoms with Crippen molar-refractivity contribution >= 4 is 32.9 Å². The van der Waals surface area contributed by atoms with Crippen LogP contribution in [0.4, 0.5) is 0 Å². The van der Waals surface area contributed by atoms with E-state index in [2.05, 4.69) is 45.2 Å². The first kappa shape index (κ1) is 17.6. The van der Waals surface area contributed by atoms with Crippen LogP contribution >= 0.6 is 22.7 Å². The average molecular weight is 400 g/mol. The Morgan fingerprint density at radius 1 is 1.22 bits per heavy atom. The molecule has 2 aliphatic rings. The van der Waals surface area contributed by atoms with E-state index in [1.807, 2.05) is 7.05 Å². The van der Waals surface area contributed by atoms with Gasteiger partial charge in [0.05, 0.1) is 10.2 Å². The first-order valence-corrected chi connectivity index (χ1v) is 11.4. The molecule has 1 spiro atoms. The van der Waals surface area contributed by atoms with Crippen molar-refractivity contribution in [3.63, 3.8) is 0 Å². The van der Waals surface area contributed by atoms with Crippen molar-refractivity contribution in [1.82, 2.24) is 14.8 Å². The number of hydrogen-bond acceptors (Lipinski definition) is 5. The summed E-state index contributed by atoms with van der Waals surface area (Å²) in [6.45, 7) is 4.30. The maximum Gasteiger partial charge on any atom is 0.307 e. The van der Waals surface area contributed by atoms with Gasteiger partial charge in [0.15, 0.2) is 0 Å². The number of thiazole rings is 1. The number of benzene rings is 1. The zero-order valence-corrected chi connectivity index (χ0v) is 17.2. The summed E-state index contributed by atoms with van der Waals surface area (Å²) in [6, 6.07) is 9.47. The molecule has 0 amide bonds. The van der Waals surface area contributed by atoms with Crippen LogP contribution in [0.1, 0.15) is 30.4 Å². The molecule has 5 rings (SSSR count). The number of nitrogens with zero attached hydrogens (tertiary/aromatic N) is 2. The van der Waals surface area contributed by atoms with Crippen LogP contribution in [0.25, 0.3) is 10.2 Å². The molecule has 6 heteroatoms. The van der Waals surface area contributed by atoms with Crippen LogP contribution in [-0.2, 0) is 20.1 Å². The fourth-order valence-electron chi connectivity index (χ4n) is 4.71. The van der Waals surface area contributed by atoms with Gasteiger partial charge in [0.25, 0.3) is 0 Å². The van der Waals surface area contributed by atoms with Crippen molar-refractivity contribution in [3.05, 3.63) is 55.8 Å². The number of fused-ring (bicyclic) bond motifs is 1. The first-order valence-electron chi connectivity index (χ1n) is 9.69. The lowest BCUT2D eigenvalue weighted by Gasteiger charge is -2.29. The highest BCUT2D eigenvalue weighted by atomic mass is 32.1. The fourth-order valence-corrected chi connectivity index (χ4v) is 6.31. The number of thiophene rings is 1. The Bertz CT molecular complexity index is 998. The molecule has 1 saturated carbocycles. The zero-order chi connectivity index (χ0) is 18.4. The highest BCUT2D eigenvalue weighted by molar-refractivity contribution is 7.16. The van der Waals surface area contributed by atoms with Crippen molar-refractivity contribution in [3.8, 4) is 0 Å². The highest BCUT2D eigenvalue weighted by Crippen LogP contribution is 2.56. The summed E-state index contributed by atoms with van der Waals surface area (Å²) in [6.07, 6.45) is 3.94. The number of nitrogens with one attached hydrogen (secondary N) is 1. The molecule has 1 aromatic carbocycles. The molecule has 3 aromatic rings. The monoisotopic (exact) mass is 399 g/mol. The molecule has 4 nitrogen and oxygen atoms in total. The van der Waals surface area contributed by atoms with E-state index in [-0.39, 0.29) is 4.87 Å². The lowest BCUT2D eigenvalue weighted by Crippen LogP contribution is -2.35. The molecule has 2 fully saturated rings. The summed E-state index contributed by atoms with van der Waals surface area (Å²) in [4.78, 5) is 14.8. The van der Waals surface area contributed by atoms with E-state index < -0.39 is 0 Å². The van der Waals surface area contributed by atoms with Crippen LogP contribution in [0.3, 0.4) is 0 Å². The molecular weight excluding hydrogens is 374 g/mol. The Labute approximate surface area is 167 Å². The van der Waals surface area contributed by atoms with Crippen LogP contribution < -0.4 is 10.2 Å². The maximum absolute atomic E-state index is 12.0. The van der Waals surface area contributed by atoms with Crippen LogP contribution in [0.2, 0.25) is 0 Å². The zero-order valence-electron chi connectivity index (χ0n) is 15.6. The molecule has 1 aliphatic heterocycles. The third kappa shape index (κ3) is 3.29. The molecule has 27 heavy (non-hydrogen) atoms. The lowest BCUT2D eigenvalue weighted by atomic mass is 9.93. The van der Waals surface area contributed by atoms with Gasteiger partial charge in [-0.05, 0) is 77.9 Å². The van der Waals surface area contributed by atoms with Gasteiger partial charge in [0, 0.05) is 26.2 Å². The Hall–Kier alpha value is -1.47. The minimum absolute atomic E-state index is 0.119. The van der Waals surface area contributed by atoms with E-state index in [0.717, 1.165) is 36.4 Å². The summed E-state index contributed by atoms with van der Waals surface area (Å²) >= 11 is 3.13. The van der Waals surface area contributed by atoms with E-state index >= 15 is 0 Å². The normalized spacial score (nSPS) is 21.3. The molecule has 142 valence electrons. The molecule has 1 atom stereocenters. The van der Waals surface area contributed by atoms with Gasteiger partial charge in [-0.25, -0.2) is 0 Å². The van der Waals surface area contributed by atoms with Crippen LogP contribution in [0.15, 0.2) is 39.8 Å². The SMILES string of the molecule is Cn1c(=O)sc2cc(CN(Cc3ccsc3)C3CC34CCNCC4)ccc21. The molecule has 0 radical (unpaired) electrons. The lowest BCUT2D eigenvalue weighted by molar-refractivity contribution is 0.188. The summed E-state index contributed by atoms with van der Waals surface area (Å²) < 4.78 is 2.85. The van der Waals surface area contributed by atoms with E-state index in [1.54, 1.807) is 15.9 Å². The standard InChI is InChI=1S/C21H25N3OS2/c1-23-17-3-2-15(10-18(17)27-20(23)25)12-24(13-16-4-9-26-14-16)19-11-21(19)5-7-22-8-6-21/h2-4,9-10,14,19,22H,5-8,11-13H2,1H3. The van der Waals surface area contributed by atoms with Gasteiger partial charge in [-0.3, -0.25) is 9.69 Å². The predicted octanol–water partition coefficient (Wildman–Crippen LogP) is 3.81. The summed E-state index contributed by atoms with van der Waals surface area (Å²) in [7, 11) is 1.86. The van der Waals surface area contributed by atoms with Crippen LogP contribution in [0.5, 0.6) is 0 Å². The van der Waals surface area contributed by atoms with Gasteiger partial charge >= 0.3 is 4.87 Å². The van der Waals surface area contributed by atoms with Crippen molar-refractivity contribution in [1.29, 1.82) is 0 Å². The molecule has 0 bridgehead atoms. The van der Waals surface area contributed by atoms with Gasteiger partial charge in [-0.1, -0.05) is 17.4 Å². The van der Waals surface area contributed by atoms with Crippen LogP contribution in [0, 0.1) is 5.41 Å². The second-order valence-corrected chi connectivity index (χ2v) is 9.87. The first-order chi connectivity index (χ1) is 13.1. The summed E-state index contributed by atoms with van der Waals surface area (Å²) in [5.74, 6) is 0. The van der Waals surface area contributed by atoms with E-state index in [1.165, 1.54) is 41.7 Å². The Kier molecular flexibility index (Phi) is 4.47. The van der Waals surface area contributed by atoms with Crippen molar-refractivity contribution < 1.29 is 0 Å². The van der Waals surface area contributed by atoms with Crippen LogP contribution in [-0.4, -0.2) is 28.6 Å². The third-order valence-corrected chi connectivity index (χ3v) is 8.12. The molecule has 1 N–H and O–H groups in total. The second-order valence-electron chi connectivity index (χ2n) is 8.10. The topological polar surface area (TPSA) is 37.3 Å². The smallest absolute Gasteiger partial charge is 0.307 e. The van der Waals surface area contributed by atoms with Crippen molar-refractivity contribution in [2.24, 2.45) is 12.5 Å². The van der Waals surface area contributed by atoms with Gasteiger partial charge in [-0.15, -0.1) is 0 Å². The van der Waals surface area contributed by atoms with Gasteiger partial charge in [0.2, 0.25) is 0 Å². The maximum atomic E-state index is 12.0. The summed E-state index contributed by atoms with van der Waals surface area (Å²) in [5, 5.41) is 7.96. The molecule has 1 unspecified atom stereocenters. The predicted molar refractivity (Wildman–Crippen MR) is 114 cm³/mol. The quantitative estimate of drug-likeness (QED) is 0.709. The number of aryl methyl sites for hydroxylation is 1. The summed E-state index contributed by atoms with van der Waals surface area (Å²) in [5.41, 5.74) is 4.31. The second kappa shape index (κ2) is 6.85. The third-order valence-electron chi connectivity index (χ3n) is 6.39. The highest BCUT2D eigenvalue weighted by Gasteiger charge is 2.56. The van der Waals surface area contributed by atoms with Gasteiger partial charge in [-0.2, -0.15) is 11.3 Å². The number of rotatable bonds is 5. The molecular formula is C21H25N3OS2. The van der Waals surface area contributed by atoms with Gasteiger partial charge in [0.1, 0.15) is 0 Å². The average Bonchev–Trinajstić information content (AvgIpc) is 3.01. The largest absolute Gasteiger partial charge is 0.317 e. The molecule has 1 aliphatic carbocycles. The van der Waals surface area contributed by atoms with Crippen molar-refractivity contribution in [2.75, 3.05) is 13.1 Å². The molecule has 3 heterocycles. The van der Waals surface area contributed by atoms with Crippen molar-refractivity contribution in [2.45, 2.75) is 38.4 Å². The van der Waals surface area contributed by atoms with E-state index in [0.29, 0.717) is 11.5 Å². The Morgan fingerprint density at radius 2 is 2.04 bits per heavy atom. The number of hydrogen-bond donors (Lipinski definition) is 1. The molecule has 2 aromatic heterocycles.